The van der Waals surface area contributed by atoms with Gasteiger partial charge in [0.2, 0.25) is 0 Å². The zero-order valence-electron chi connectivity index (χ0n) is 11.1. The summed E-state index contributed by atoms with van der Waals surface area (Å²) in [6.45, 7) is 0.976. The SMILES string of the molecule is CNCc1cnc(C23CC4CC(CC(C4)C2)C3)s1. The van der Waals surface area contributed by atoms with Crippen LogP contribution in [0.4, 0.5) is 0 Å². The molecule has 4 aliphatic rings. The lowest BCUT2D eigenvalue weighted by Gasteiger charge is -2.56. The van der Waals surface area contributed by atoms with Gasteiger partial charge in [0.15, 0.2) is 0 Å². The quantitative estimate of drug-likeness (QED) is 0.904. The first-order valence-electron chi connectivity index (χ1n) is 7.37. The molecule has 1 heterocycles. The smallest absolute Gasteiger partial charge is 0.0990 e. The van der Waals surface area contributed by atoms with E-state index in [1.807, 2.05) is 18.4 Å². The van der Waals surface area contributed by atoms with Crippen molar-refractivity contribution in [2.45, 2.75) is 50.5 Å². The van der Waals surface area contributed by atoms with Crippen molar-refractivity contribution >= 4 is 11.3 Å². The van der Waals surface area contributed by atoms with Crippen molar-refractivity contribution in [1.82, 2.24) is 10.3 Å². The van der Waals surface area contributed by atoms with E-state index >= 15 is 0 Å². The highest BCUT2D eigenvalue weighted by Crippen LogP contribution is 2.61. The molecule has 0 unspecified atom stereocenters. The summed E-state index contributed by atoms with van der Waals surface area (Å²) in [5.74, 6) is 3.06. The summed E-state index contributed by atoms with van der Waals surface area (Å²) in [7, 11) is 2.02. The van der Waals surface area contributed by atoms with Crippen molar-refractivity contribution in [3.63, 3.8) is 0 Å². The van der Waals surface area contributed by atoms with Crippen LogP contribution in [0.5, 0.6) is 0 Å². The number of rotatable bonds is 3. The van der Waals surface area contributed by atoms with Crippen LogP contribution in [0.1, 0.15) is 48.4 Å². The van der Waals surface area contributed by atoms with Gasteiger partial charge in [0.1, 0.15) is 0 Å². The highest BCUT2D eigenvalue weighted by molar-refractivity contribution is 7.11. The minimum absolute atomic E-state index is 0.491. The second-order valence-electron chi connectivity index (χ2n) is 6.86. The molecule has 98 valence electrons. The maximum Gasteiger partial charge on any atom is 0.0990 e. The molecule has 0 radical (unpaired) electrons. The molecular weight excluding hydrogens is 240 g/mol. The lowest BCUT2D eigenvalue weighted by Crippen LogP contribution is -2.48. The fourth-order valence-electron chi connectivity index (χ4n) is 5.18. The molecule has 1 aromatic heterocycles. The predicted octanol–water partition coefficient (Wildman–Crippen LogP) is 3.33. The molecular formula is C15H22N2S. The van der Waals surface area contributed by atoms with Gasteiger partial charge < -0.3 is 5.32 Å². The van der Waals surface area contributed by atoms with E-state index < -0.39 is 0 Å². The van der Waals surface area contributed by atoms with Gasteiger partial charge in [-0.25, -0.2) is 4.98 Å². The Balaban J connectivity index is 1.66. The Morgan fingerprint density at radius 2 is 1.83 bits per heavy atom. The first-order valence-corrected chi connectivity index (χ1v) is 8.19. The summed E-state index contributed by atoms with van der Waals surface area (Å²) >= 11 is 1.97. The first-order chi connectivity index (χ1) is 8.77. The van der Waals surface area contributed by atoms with Gasteiger partial charge >= 0.3 is 0 Å². The van der Waals surface area contributed by atoms with Gasteiger partial charge in [-0.05, 0) is 63.3 Å². The third-order valence-electron chi connectivity index (χ3n) is 5.40. The van der Waals surface area contributed by atoms with Crippen LogP contribution in [0, 0.1) is 17.8 Å². The van der Waals surface area contributed by atoms with Crippen LogP contribution in [0.3, 0.4) is 0 Å². The molecule has 4 fully saturated rings. The van der Waals surface area contributed by atoms with Crippen LogP contribution in [-0.2, 0) is 12.0 Å². The largest absolute Gasteiger partial charge is 0.315 e. The highest BCUT2D eigenvalue weighted by Gasteiger charge is 2.52. The maximum atomic E-state index is 4.80. The molecule has 0 saturated heterocycles. The average Bonchev–Trinajstić information content (AvgIpc) is 2.77. The van der Waals surface area contributed by atoms with Crippen LogP contribution in [0.2, 0.25) is 0 Å². The minimum Gasteiger partial charge on any atom is -0.315 e. The van der Waals surface area contributed by atoms with Crippen molar-refractivity contribution in [1.29, 1.82) is 0 Å². The van der Waals surface area contributed by atoms with Gasteiger partial charge in [0.25, 0.3) is 0 Å². The van der Waals surface area contributed by atoms with Crippen LogP contribution in [-0.4, -0.2) is 12.0 Å². The standard InChI is InChI=1S/C15H22N2S/c1-16-8-13-9-17-14(18-13)15-5-10-2-11(6-15)4-12(3-10)7-15/h9-12,16H,2-8H2,1H3. The second-order valence-corrected chi connectivity index (χ2v) is 7.98. The van der Waals surface area contributed by atoms with Gasteiger partial charge in [0.05, 0.1) is 5.01 Å². The lowest BCUT2D eigenvalue weighted by molar-refractivity contribution is -0.00527. The van der Waals surface area contributed by atoms with Crippen LogP contribution in [0.15, 0.2) is 6.20 Å². The van der Waals surface area contributed by atoms with Crippen molar-refractivity contribution in [3.8, 4) is 0 Å². The van der Waals surface area contributed by atoms with E-state index in [-0.39, 0.29) is 0 Å². The zero-order chi connectivity index (χ0) is 12.2. The molecule has 5 rings (SSSR count). The average molecular weight is 262 g/mol. The van der Waals surface area contributed by atoms with Gasteiger partial charge in [-0.3, -0.25) is 0 Å². The fraction of sp³-hybridized carbons (Fsp3) is 0.800. The molecule has 4 bridgehead atoms. The van der Waals surface area contributed by atoms with Gasteiger partial charge in [-0.2, -0.15) is 0 Å². The summed E-state index contributed by atoms with van der Waals surface area (Å²) in [5.41, 5.74) is 0.491. The first kappa shape index (κ1) is 11.4. The number of thiazole rings is 1. The molecule has 2 nitrogen and oxygen atoms in total. The lowest BCUT2D eigenvalue weighted by atomic mass is 9.50. The fourth-order valence-corrected chi connectivity index (χ4v) is 6.32. The van der Waals surface area contributed by atoms with E-state index in [1.165, 1.54) is 48.4 Å². The highest BCUT2D eigenvalue weighted by atomic mass is 32.1. The Morgan fingerprint density at radius 1 is 1.22 bits per heavy atom. The monoisotopic (exact) mass is 262 g/mol. The molecule has 1 N–H and O–H groups in total. The summed E-state index contributed by atoms with van der Waals surface area (Å²) < 4.78 is 0. The molecule has 0 atom stereocenters. The number of hydrogen-bond donors (Lipinski definition) is 1. The Morgan fingerprint density at radius 3 is 2.39 bits per heavy atom. The number of hydrogen-bond acceptors (Lipinski definition) is 3. The number of nitrogens with one attached hydrogen (secondary N) is 1. The Bertz CT molecular complexity index is 416. The number of aromatic nitrogens is 1. The molecule has 0 amide bonds. The maximum absolute atomic E-state index is 4.80. The topological polar surface area (TPSA) is 24.9 Å². The summed E-state index contributed by atoms with van der Waals surface area (Å²) in [5, 5.41) is 4.71. The summed E-state index contributed by atoms with van der Waals surface area (Å²) in [6.07, 6.45) is 11.0. The molecule has 0 aromatic carbocycles. The van der Waals surface area contributed by atoms with Gasteiger partial charge in [-0.15, -0.1) is 11.3 Å². The molecule has 0 aliphatic heterocycles. The van der Waals surface area contributed by atoms with E-state index in [4.69, 9.17) is 4.98 Å². The van der Waals surface area contributed by atoms with E-state index in [9.17, 15) is 0 Å². The molecule has 1 aromatic rings. The molecule has 3 heteroatoms. The molecule has 4 aliphatic carbocycles. The Kier molecular flexibility index (Phi) is 2.56. The van der Waals surface area contributed by atoms with Crippen LogP contribution < -0.4 is 5.32 Å². The normalized spacial score (nSPS) is 41.5. The molecule has 0 spiro atoms. The Labute approximate surface area is 113 Å². The number of nitrogens with zero attached hydrogens (tertiary/aromatic N) is 1. The van der Waals surface area contributed by atoms with Gasteiger partial charge in [-0.1, -0.05) is 0 Å². The van der Waals surface area contributed by atoms with Crippen molar-refractivity contribution in [3.05, 3.63) is 16.1 Å². The van der Waals surface area contributed by atoms with E-state index in [2.05, 4.69) is 11.5 Å². The van der Waals surface area contributed by atoms with Gasteiger partial charge in [0, 0.05) is 23.0 Å². The molecule has 4 saturated carbocycles. The van der Waals surface area contributed by atoms with Crippen molar-refractivity contribution in [2.75, 3.05) is 7.05 Å². The predicted molar refractivity (Wildman–Crippen MR) is 74.7 cm³/mol. The Hall–Kier alpha value is -0.410. The summed E-state index contributed by atoms with van der Waals surface area (Å²) in [4.78, 5) is 6.21. The molecule has 18 heavy (non-hydrogen) atoms. The van der Waals surface area contributed by atoms with Crippen molar-refractivity contribution in [2.24, 2.45) is 17.8 Å². The van der Waals surface area contributed by atoms with E-state index in [0.717, 1.165) is 24.3 Å². The third kappa shape index (κ3) is 1.67. The van der Waals surface area contributed by atoms with Crippen molar-refractivity contribution < 1.29 is 0 Å². The zero-order valence-corrected chi connectivity index (χ0v) is 11.9. The van der Waals surface area contributed by atoms with Crippen LogP contribution >= 0.6 is 11.3 Å². The van der Waals surface area contributed by atoms with Crippen LogP contribution in [0.25, 0.3) is 0 Å². The second kappa shape index (κ2) is 4.04. The van der Waals surface area contributed by atoms with E-state index in [0.29, 0.717) is 5.41 Å². The summed E-state index contributed by atoms with van der Waals surface area (Å²) in [6, 6.07) is 0. The van der Waals surface area contributed by atoms with E-state index in [1.54, 1.807) is 0 Å². The third-order valence-corrected chi connectivity index (χ3v) is 6.64. The minimum atomic E-state index is 0.491.